The van der Waals surface area contributed by atoms with Crippen LogP contribution in [0.25, 0.3) is 0 Å². The van der Waals surface area contributed by atoms with Gasteiger partial charge in [-0.25, -0.2) is 4.98 Å². The van der Waals surface area contributed by atoms with E-state index in [4.69, 9.17) is 27.5 Å². The van der Waals surface area contributed by atoms with Crippen molar-refractivity contribution in [2.75, 3.05) is 0 Å². The molecule has 2 aromatic heterocycles. The monoisotopic (exact) mass is 262 g/mol. The molecule has 0 aliphatic carbocycles. The van der Waals surface area contributed by atoms with Gasteiger partial charge in [-0.1, -0.05) is 11.6 Å². The van der Waals surface area contributed by atoms with E-state index in [1.54, 1.807) is 25.1 Å². The third-order valence-corrected chi connectivity index (χ3v) is 2.35. The zero-order valence-corrected chi connectivity index (χ0v) is 10.4. The van der Waals surface area contributed by atoms with Crippen LogP contribution < -0.4 is 10.5 Å². The Bertz CT molecular complexity index is 600. The number of pyridine rings is 2. The number of amidine groups is 1. The lowest BCUT2D eigenvalue weighted by atomic mass is 10.2. The van der Waals surface area contributed by atoms with E-state index in [0.29, 0.717) is 27.9 Å². The van der Waals surface area contributed by atoms with Crippen molar-refractivity contribution in [1.82, 2.24) is 9.97 Å². The van der Waals surface area contributed by atoms with E-state index < -0.39 is 0 Å². The van der Waals surface area contributed by atoms with Gasteiger partial charge in [-0.2, -0.15) is 0 Å². The molecule has 0 saturated heterocycles. The molecule has 2 rings (SSSR count). The second-order valence-corrected chi connectivity index (χ2v) is 4.13. The molecule has 6 heteroatoms. The fourth-order valence-electron chi connectivity index (χ4n) is 1.41. The molecule has 3 N–H and O–H groups in total. The van der Waals surface area contributed by atoms with Gasteiger partial charge in [0.05, 0.1) is 11.2 Å². The van der Waals surface area contributed by atoms with Crippen molar-refractivity contribution in [3.8, 4) is 11.6 Å². The summed E-state index contributed by atoms with van der Waals surface area (Å²) in [4.78, 5) is 8.10. The zero-order chi connectivity index (χ0) is 13.1. The van der Waals surface area contributed by atoms with Crippen molar-refractivity contribution in [1.29, 1.82) is 5.41 Å². The normalized spacial score (nSPS) is 10.1. The van der Waals surface area contributed by atoms with Gasteiger partial charge in [0, 0.05) is 29.6 Å². The molecular weight excluding hydrogens is 252 g/mol. The first-order valence-corrected chi connectivity index (χ1v) is 5.54. The van der Waals surface area contributed by atoms with Gasteiger partial charge in [-0.3, -0.25) is 10.4 Å². The maximum atomic E-state index is 7.40. The third kappa shape index (κ3) is 2.95. The van der Waals surface area contributed by atoms with E-state index >= 15 is 0 Å². The van der Waals surface area contributed by atoms with Gasteiger partial charge in [0.15, 0.2) is 0 Å². The summed E-state index contributed by atoms with van der Waals surface area (Å²) in [5.74, 6) is 0.800. The standard InChI is InChI=1S/C12H11ClN4O/c1-7-2-8(12(14)15)3-11(17-7)18-10-4-9(13)5-16-6-10/h2-6H,1H3,(H3,14,15). The van der Waals surface area contributed by atoms with E-state index in [1.165, 1.54) is 12.4 Å². The first kappa shape index (κ1) is 12.3. The fraction of sp³-hybridized carbons (Fsp3) is 0.0833. The molecule has 0 unspecified atom stereocenters. The van der Waals surface area contributed by atoms with E-state index in [2.05, 4.69) is 9.97 Å². The van der Waals surface area contributed by atoms with Gasteiger partial charge in [-0.15, -0.1) is 0 Å². The van der Waals surface area contributed by atoms with Crippen molar-refractivity contribution in [3.05, 3.63) is 46.9 Å². The van der Waals surface area contributed by atoms with Crippen LogP contribution in [-0.4, -0.2) is 15.8 Å². The smallest absolute Gasteiger partial charge is 0.220 e. The molecule has 0 aliphatic heterocycles. The summed E-state index contributed by atoms with van der Waals surface area (Å²) in [5.41, 5.74) is 6.71. The first-order chi connectivity index (χ1) is 8.54. The predicted octanol–water partition coefficient (Wildman–Crippen LogP) is 2.51. The van der Waals surface area contributed by atoms with Gasteiger partial charge in [-0.05, 0) is 13.0 Å². The van der Waals surface area contributed by atoms with E-state index in [9.17, 15) is 0 Å². The van der Waals surface area contributed by atoms with Gasteiger partial charge in [0.2, 0.25) is 5.88 Å². The summed E-state index contributed by atoms with van der Waals surface area (Å²) >= 11 is 5.81. The van der Waals surface area contributed by atoms with Crippen LogP contribution in [0.3, 0.4) is 0 Å². The average molecular weight is 263 g/mol. The SMILES string of the molecule is Cc1cc(C(=N)N)cc(Oc2cncc(Cl)c2)n1. The summed E-state index contributed by atoms with van der Waals surface area (Å²) in [5, 5.41) is 7.88. The molecule has 92 valence electrons. The van der Waals surface area contributed by atoms with Crippen LogP contribution in [0.4, 0.5) is 0 Å². The Kier molecular flexibility index (Phi) is 3.43. The Balaban J connectivity index is 2.31. The number of nitrogen functional groups attached to an aromatic ring is 1. The largest absolute Gasteiger partial charge is 0.437 e. The first-order valence-electron chi connectivity index (χ1n) is 5.16. The maximum Gasteiger partial charge on any atom is 0.220 e. The number of ether oxygens (including phenoxy) is 1. The summed E-state index contributed by atoms with van der Waals surface area (Å²) in [6.07, 6.45) is 3.04. The van der Waals surface area contributed by atoms with Crippen LogP contribution in [0.15, 0.2) is 30.6 Å². The third-order valence-electron chi connectivity index (χ3n) is 2.14. The van der Waals surface area contributed by atoms with Crippen LogP contribution >= 0.6 is 11.6 Å². The number of aromatic nitrogens is 2. The molecule has 0 spiro atoms. The van der Waals surface area contributed by atoms with Crippen molar-refractivity contribution >= 4 is 17.4 Å². The molecule has 2 heterocycles. The van der Waals surface area contributed by atoms with Crippen LogP contribution in [0, 0.1) is 12.3 Å². The number of nitrogens with zero attached hydrogens (tertiary/aromatic N) is 2. The lowest BCUT2D eigenvalue weighted by Gasteiger charge is -2.07. The number of nitrogens with two attached hydrogens (primary N) is 1. The Morgan fingerprint density at radius 1 is 1.33 bits per heavy atom. The number of hydrogen-bond donors (Lipinski definition) is 2. The molecule has 0 aliphatic rings. The van der Waals surface area contributed by atoms with E-state index in [1.807, 2.05) is 0 Å². The van der Waals surface area contributed by atoms with E-state index in [0.717, 1.165) is 0 Å². The molecule has 0 saturated carbocycles. The van der Waals surface area contributed by atoms with Crippen molar-refractivity contribution < 1.29 is 4.74 Å². The number of nitrogens with one attached hydrogen (secondary N) is 1. The molecule has 18 heavy (non-hydrogen) atoms. The van der Waals surface area contributed by atoms with Crippen molar-refractivity contribution in [2.45, 2.75) is 6.92 Å². The van der Waals surface area contributed by atoms with Gasteiger partial charge in [0.25, 0.3) is 0 Å². The topological polar surface area (TPSA) is 84.9 Å². The molecule has 0 bridgehead atoms. The Morgan fingerprint density at radius 3 is 2.78 bits per heavy atom. The summed E-state index contributed by atoms with van der Waals surface area (Å²) in [6, 6.07) is 4.94. The maximum absolute atomic E-state index is 7.40. The fourth-order valence-corrected chi connectivity index (χ4v) is 1.58. The van der Waals surface area contributed by atoms with Crippen molar-refractivity contribution in [2.24, 2.45) is 5.73 Å². The van der Waals surface area contributed by atoms with Crippen LogP contribution in [0.5, 0.6) is 11.6 Å². The number of rotatable bonds is 3. The Hall–Kier alpha value is -2.14. The Labute approximate surface area is 109 Å². The number of aryl methyl sites for hydroxylation is 1. The summed E-state index contributed by atoms with van der Waals surface area (Å²) in [6.45, 7) is 1.80. The van der Waals surface area contributed by atoms with Crippen molar-refractivity contribution in [3.63, 3.8) is 0 Å². The molecule has 0 amide bonds. The molecule has 0 fully saturated rings. The minimum Gasteiger partial charge on any atom is -0.437 e. The minimum atomic E-state index is -0.0328. The number of halogens is 1. The second-order valence-electron chi connectivity index (χ2n) is 3.69. The highest BCUT2D eigenvalue weighted by molar-refractivity contribution is 6.30. The predicted molar refractivity (Wildman–Crippen MR) is 69.3 cm³/mol. The molecule has 0 atom stereocenters. The second kappa shape index (κ2) is 5.01. The molecular formula is C12H11ClN4O. The molecule has 0 aromatic carbocycles. The van der Waals surface area contributed by atoms with Crippen LogP contribution in [-0.2, 0) is 0 Å². The van der Waals surface area contributed by atoms with E-state index in [-0.39, 0.29) is 5.84 Å². The quantitative estimate of drug-likeness (QED) is 0.657. The zero-order valence-electron chi connectivity index (χ0n) is 9.64. The highest BCUT2D eigenvalue weighted by Gasteiger charge is 2.05. The summed E-state index contributed by atoms with van der Waals surface area (Å²) in [7, 11) is 0. The van der Waals surface area contributed by atoms with Gasteiger partial charge >= 0.3 is 0 Å². The lowest BCUT2D eigenvalue weighted by molar-refractivity contribution is 0.459. The Morgan fingerprint density at radius 2 is 2.11 bits per heavy atom. The highest BCUT2D eigenvalue weighted by atomic mass is 35.5. The van der Waals surface area contributed by atoms with Crippen LogP contribution in [0.1, 0.15) is 11.3 Å². The molecule has 2 aromatic rings. The van der Waals surface area contributed by atoms with Gasteiger partial charge in [0.1, 0.15) is 11.6 Å². The highest BCUT2D eigenvalue weighted by Crippen LogP contribution is 2.22. The minimum absolute atomic E-state index is 0.0328. The summed E-state index contributed by atoms with van der Waals surface area (Å²) < 4.78 is 5.52. The van der Waals surface area contributed by atoms with Crippen LogP contribution in [0.2, 0.25) is 5.02 Å². The van der Waals surface area contributed by atoms with Gasteiger partial charge < -0.3 is 10.5 Å². The number of hydrogen-bond acceptors (Lipinski definition) is 4. The average Bonchev–Trinajstić information content (AvgIpc) is 2.28. The molecule has 5 nitrogen and oxygen atoms in total. The molecule has 0 radical (unpaired) electrons. The lowest BCUT2D eigenvalue weighted by Crippen LogP contribution is -2.11.